The number of hydrogen-bond acceptors (Lipinski definition) is 6. The number of amides is 1. The van der Waals surface area contributed by atoms with E-state index in [0.717, 1.165) is 11.3 Å². The van der Waals surface area contributed by atoms with Gasteiger partial charge in [-0.05, 0) is 62.1 Å². The first kappa shape index (κ1) is 22.2. The van der Waals surface area contributed by atoms with E-state index in [1.807, 2.05) is 31.2 Å². The molecule has 3 heterocycles. The number of fused-ring (bicyclic) bond motifs is 1. The number of aromatic nitrogens is 4. The van der Waals surface area contributed by atoms with Crippen LogP contribution in [0.25, 0.3) is 16.9 Å². The van der Waals surface area contributed by atoms with Crippen molar-refractivity contribution in [1.29, 1.82) is 0 Å². The Balaban J connectivity index is 1.53. The molecule has 1 saturated heterocycles. The Morgan fingerprint density at radius 1 is 1.14 bits per heavy atom. The van der Waals surface area contributed by atoms with Crippen LogP contribution in [-0.4, -0.2) is 43.0 Å². The Bertz CT molecular complexity index is 1540. The van der Waals surface area contributed by atoms with Crippen molar-refractivity contribution in [2.24, 2.45) is 0 Å². The Kier molecular flexibility index (Phi) is 5.71. The van der Waals surface area contributed by atoms with Crippen LogP contribution in [0, 0.1) is 18.8 Å². The van der Waals surface area contributed by atoms with Gasteiger partial charge in [0.05, 0.1) is 11.7 Å². The molecule has 0 spiro atoms. The monoisotopic (exact) mass is 468 g/mol. The van der Waals surface area contributed by atoms with Crippen molar-refractivity contribution in [2.75, 3.05) is 18.8 Å². The molecule has 1 atom stereocenters. The predicted molar refractivity (Wildman–Crippen MR) is 132 cm³/mol. The lowest BCUT2D eigenvalue weighted by atomic mass is 10.2. The Morgan fingerprint density at radius 3 is 2.66 bits per heavy atom. The summed E-state index contributed by atoms with van der Waals surface area (Å²) in [6.07, 6.45) is 1.96. The highest BCUT2D eigenvalue weighted by atomic mass is 16.5. The van der Waals surface area contributed by atoms with Crippen LogP contribution in [0.4, 0.5) is 5.82 Å². The van der Waals surface area contributed by atoms with E-state index in [0.29, 0.717) is 42.1 Å². The smallest absolute Gasteiger partial charge is 0.335 e. The van der Waals surface area contributed by atoms with Crippen molar-refractivity contribution in [3.05, 3.63) is 70.9 Å². The summed E-state index contributed by atoms with van der Waals surface area (Å²) in [5, 5.41) is 0. The maximum Gasteiger partial charge on any atom is 0.335 e. The number of nitrogens with zero attached hydrogens (tertiary/aromatic N) is 5. The fraction of sp³-hybridized carbons (Fsp3) is 0.231. The molecule has 9 heteroatoms. The van der Waals surface area contributed by atoms with Gasteiger partial charge in [-0.3, -0.25) is 13.9 Å². The van der Waals surface area contributed by atoms with Gasteiger partial charge in [0.15, 0.2) is 11.5 Å². The first-order chi connectivity index (χ1) is 17.0. The van der Waals surface area contributed by atoms with Gasteiger partial charge in [0.25, 0.3) is 5.91 Å². The number of imidazole rings is 1. The van der Waals surface area contributed by atoms with Crippen molar-refractivity contribution in [1.82, 2.24) is 24.0 Å². The van der Waals surface area contributed by atoms with E-state index in [-0.39, 0.29) is 23.5 Å². The zero-order valence-electron chi connectivity index (χ0n) is 19.4. The summed E-state index contributed by atoms with van der Waals surface area (Å²) in [6, 6.07) is 14.7. The minimum absolute atomic E-state index is 0.203. The molecule has 1 amide bonds. The first-order valence-electron chi connectivity index (χ1n) is 11.3. The van der Waals surface area contributed by atoms with Gasteiger partial charge < -0.3 is 15.4 Å². The fourth-order valence-corrected chi connectivity index (χ4v) is 4.42. The van der Waals surface area contributed by atoms with Gasteiger partial charge in [-0.2, -0.15) is 0 Å². The third-order valence-electron chi connectivity index (χ3n) is 6.14. The standard InChI is InChI=1S/C26H24N6O3/c1-3-6-22(33)30-14-13-19(15-30)32-25-23(24(27)28-16-29-25)31(26(32)34)18-9-11-20(12-10-18)35-21-8-5-4-7-17(21)2/h4-5,7-12,16,19H,13-15H2,1-2H3,(H2,27,28,29)/t19-/m1/s1. The highest BCUT2D eigenvalue weighted by Gasteiger charge is 2.31. The molecule has 0 bridgehead atoms. The number of ether oxygens (including phenoxy) is 1. The van der Waals surface area contributed by atoms with Crippen LogP contribution < -0.4 is 16.2 Å². The number of anilines is 1. The lowest BCUT2D eigenvalue weighted by molar-refractivity contribution is -0.124. The summed E-state index contributed by atoms with van der Waals surface area (Å²) in [6.45, 7) is 4.50. The molecule has 9 nitrogen and oxygen atoms in total. The van der Waals surface area contributed by atoms with Crippen LogP contribution in [0.1, 0.15) is 24.9 Å². The van der Waals surface area contributed by atoms with Gasteiger partial charge in [0.1, 0.15) is 23.3 Å². The molecule has 2 aromatic heterocycles. The second kappa shape index (κ2) is 8.99. The molecule has 0 radical (unpaired) electrons. The molecule has 1 fully saturated rings. The molecule has 2 N–H and O–H groups in total. The number of para-hydroxylation sites is 1. The van der Waals surface area contributed by atoms with Gasteiger partial charge in [-0.15, -0.1) is 0 Å². The van der Waals surface area contributed by atoms with Crippen LogP contribution in [0.3, 0.4) is 0 Å². The lowest BCUT2D eigenvalue weighted by Gasteiger charge is -2.14. The van der Waals surface area contributed by atoms with Crippen molar-refractivity contribution >= 4 is 22.9 Å². The third-order valence-corrected chi connectivity index (χ3v) is 6.14. The third kappa shape index (κ3) is 3.99. The number of benzene rings is 2. The number of carbonyl (C=O) groups excluding carboxylic acids is 1. The molecule has 176 valence electrons. The molecule has 35 heavy (non-hydrogen) atoms. The van der Waals surface area contributed by atoms with Crippen molar-refractivity contribution in [3.63, 3.8) is 0 Å². The van der Waals surface area contributed by atoms with E-state index in [1.54, 1.807) is 40.7 Å². The van der Waals surface area contributed by atoms with E-state index >= 15 is 0 Å². The number of nitrogen functional groups attached to an aromatic ring is 1. The molecule has 5 rings (SSSR count). The summed E-state index contributed by atoms with van der Waals surface area (Å²) in [5.74, 6) is 6.56. The summed E-state index contributed by atoms with van der Waals surface area (Å²) < 4.78 is 9.11. The van der Waals surface area contributed by atoms with Crippen molar-refractivity contribution < 1.29 is 9.53 Å². The maximum atomic E-state index is 13.7. The largest absolute Gasteiger partial charge is 0.457 e. The van der Waals surface area contributed by atoms with Crippen molar-refractivity contribution in [2.45, 2.75) is 26.3 Å². The highest BCUT2D eigenvalue weighted by molar-refractivity contribution is 5.93. The molecule has 4 aromatic rings. The van der Waals surface area contributed by atoms with E-state index in [1.165, 1.54) is 10.9 Å². The van der Waals surface area contributed by atoms with Crippen molar-refractivity contribution in [3.8, 4) is 29.0 Å². The number of likely N-dealkylation sites (tertiary alicyclic amines) is 1. The van der Waals surface area contributed by atoms with Crippen LogP contribution in [0.15, 0.2) is 59.7 Å². The molecular formula is C26H24N6O3. The van der Waals surface area contributed by atoms with Crippen LogP contribution >= 0.6 is 0 Å². The van der Waals surface area contributed by atoms with Gasteiger partial charge in [0.2, 0.25) is 0 Å². The zero-order chi connectivity index (χ0) is 24.5. The van der Waals surface area contributed by atoms with Gasteiger partial charge >= 0.3 is 5.69 Å². The summed E-state index contributed by atoms with van der Waals surface area (Å²) in [7, 11) is 0. The summed E-state index contributed by atoms with van der Waals surface area (Å²) in [4.78, 5) is 36.1. The molecule has 0 aliphatic carbocycles. The second-order valence-corrected chi connectivity index (χ2v) is 8.35. The summed E-state index contributed by atoms with van der Waals surface area (Å²) >= 11 is 0. The van der Waals surface area contributed by atoms with E-state index in [4.69, 9.17) is 10.5 Å². The van der Waals surface area contributed by atoms with Crippen LogP contribution in [0.2, 0.25) is 0 Å². The van der Waals surface area contributed by atoms with E-state index < -0.39 is 0 Å². The fourth-order valence-electron chi connectivity index (χ4n) is 4.42. The minimum Gasteiger partial charge on any atom is -0.457 e. The zero-order valence-corrected chi connectivity index (χ0v) is 19.4. The van der Waals surface area contributed by atoms with Gasteiger partial charge in [-0.1, -0.05) is 24.1 Å². The van der Waals surface area contributed by atoms with Gasteiger partial charge in [0, 0.05) is 13.1 Å². The van der Waals surface area contributed by atoms with E-state index in [9.17, 15) is 9.59 Å². The molecule has 1 aliphatic rings. The quantitative estimate of drug-likeness (QED) is 0.461. The number of nitrogens with two attached hydrogens (primary N) is 1. The number of aryl methyl sites for hydroxylation is 1. The highest BCUT2D eigenvalue weighted by Crippen LogP contribution is 2.29. The maximum absolute atomic E-state index is 13.7. The number of carbonyl (C=O) groups is 1. The SMILES string of the molecule is CC#CC(=O)N1CC[C@@H](n2c(=O)n(-c3ccc(Oc4ccccc4C)cc3)c3c(N)ncnc32)C1. The normalized spacial score (nSPS) is 15.1. The first-order valence-corrected chi connectivity index (χ1v) is 11.3. The van der Waals surface area contributed by atoms with E-state index in [2.05, 4.69) is 21.8 Å². The molecular weight excluding hydrogens is 444 g/mol. The minimum atomic E-state index is -0.291. The average Bonchev–Trinajstić information content (AvgIpc) is 3.44. The molecule has 2 aromatic carbocycles. The van der Waals surface area contributed by atoms with Crippen LogP contribution in [-0.2, 0) is 4.79 Å². The predicted octanol–water partition coefficient (Wildman–Crippen LogP) is 3.06. The number of hydrogen-bond donors (Lipinski definition) is 1. The summed E-state index contributed by atoms with van der Waals surface area (Å²) in [5.41, 5.74) is 8.42. The Labute approximate surface area is 201 Å². The topological polar surface area (TPSA) is 108 Å². The second-order valence-electron chi connectivity index (χ2n) is 8.35. The Morgan fingerprint density at radius 2 is 1.91 bits per heavy atom. The molecule has 0 saturated carbocycles. The number of rotatable bonds is 4. The molecule has 1 aliphatic heterocycles. The van der Waals surface area contributed by atoms with Crippen LogP contribution in [0.5, 0.6) is 11.5 Å². The lowest BCUT2D eigenvalue weighted by Crippen LogP contribution is -2.31. The van der Waals surface area contributed by atoms with Gasteiger partial charge in [-0.25, -0.2) is 14.8 Å². The Hall–Kier alpha value is -4.58. The average molecular weight is 469 g/mol. The molecule has 0 unspecified atom stereocenters.